The molecule has 0 bridgehead atoms. The van der Waals surface area contributed by atoms with Gasteiger partial charge in [-0.1, -0.05) is 26.2 Å². The largest absolute Gasteiger partial charge is 0.388 e. The number of hydrogen-bond donors (Lipinski definition) is 3. The first-order valence-corrected chi connectivity index (χ1v) is 7.82. The molecule has 0 aromatic heterocycles. The summed E-state index contributed by atoms with van der Waals surface area (Å²) in [7, 11) is 0. The standard InChI is InChI=1S/C15H28N2O2/c1-2-5-14(8-10-16-11-9-14)13(18)17-12-15(19)6-3-4-7-15/h16,19H,2-12H2,1H3,(H,17,18). The van der Waals surface area contributed by atoms with Crippen LogP contribution >= 0.6 is 0 Å². The number of piperidine rings is 1. The highest BCUT2D eigenvalue weighted by atomic mass is 16.3. The van der Waals surface area contributed by atoms with Gasteiger partial charge in [0.1, 0.15) is 0 Å². The van der Waals surface area contributed by atoms with E-state index in [4.69, 9.17) is 0 Å². The van der Waals surface area contributed by atoms with Gasteiger partial charge in [0.25, 0.3) is 0 Å². The summed E-state index contributed by atoms with van der Waals surface area (Å²) >= 11 is 0. The van der Waals surface area contributed by atoms with Crippen LogP contribution in [0.5, 0.6) is 0 Å². The van der Waals surface area contributed by atoms with Crippen molar-refractivity contribution in [2.24, 2.45) is 5.41 Å². The second-order valence-corrected chi connectivity index (χ2v) is 6.39. The number of rotatable bonds is 5. The highest BCUT2D eigenvalue weighted by molar-refractivity contribution is 5.82. The Morgan fingerprint density at radius 2 is 1.84 bits per heavy atom. The third kappa shape index (κ3) is 3.48. The molecule has 0 aromatic rings. The van der Waals surface area contributed by atoms with Crippen molar-refractivity contribution in [2.75, 3.05) is 19.6 Å². The summed E-state index contributed by atoms with van der Waals surface area (Å²) in [4.78, 5) is 12.6. The number of aliphatic hydroxyl groups is 1. The van der Waals surface area contributed by atoms with E-state index in [-0.39, 0.29) is 11.3 Å². The number of nitrogens with one attached hydrogen (secondary N) is 2. The van der Waals surface area contributed by atoms with Crippen LogP contribution in [0.1, 0.15) is 58.3 Å². The summed E-state index contributed by atoms with van der Waals surface area (Å²) in [6, 6.07) is 0. The zero-order valence-electron chi connectivity index (χ0n) is 12.1. The Hall–Kier alpha value is -0.610. The Balaban J connectivity index is 1.91. The van der Waals surface area contributed by atoms with Crippen molar-refractivity contribution >= 4 is 5.91 Å². The quantitative estimate of drug-likeness (QED) is 0.709. The number of amides is 1. The van der Waals surface area contributed by atoms with Gasteiger partial charge >= 0.3 is 0 Å². The minimum Gasteiger partial charge on any atom is -0.388 e. The Morgan fingerprint density at radius 3 is 2.42 bits per heavy atom. The average molecular weight is 268 g/mol. The molecule has 3 N–H and O–H groups in total. The van der Waals surface area contributed by atoms with Crippen LogP contribution in [0, 0.1) is 5.41 Å². The van der Waals surface area contributed by atoms with Gasteiger partial charge in [-0.15, -0.1) is 0 Å². The molecule has 1 saturated heterocycles. The van der Waals surface area contributed by atoms with Gasteiger partial charge in [-0.25, -0.2) is 0 Å². The first-order valence-electron chi connectivity index (χ1n) is 7.82. The first-order chi connectivity index (χ1) is 9.10. The van der Waals surface area contributed by atoms with E-state index in [9.17, 15) is 9.90 Å². The van der Waals surface area contributed by atoms with Gasteiger partial charge in [0.15, 0.2) is 0 Å². The molecule has 1 heterocycles. The zero-order chi connectivity index (χ0) is 13.8. The SMILES string of the molecule is CCCC1(C(=O)NCC2(O)CCCC2)CCNCC1. The lowest BCUT2D eigenvalue weighted by atomic mass is 9.74. The minimum atomic E-state index is -0.643. The van der Waals surface area contributed by atoms with E-state index in [0.717, 1.165) is 64.5 Å². The van der Waals surface area contributed by atoms with E-state index in [2.05, 4.69) is 17.6 Å². The summed E-state index contributed by atoms with van der Waals surface area (Å²) in [6.07, 6.45) is 7.66. The summed E-state index contributed by atoms with van der Waals surface area (Å²) in [5, 5.41) is 16.7. The molecule has 1 aliphatic heterocycles. The third-order valence-corrected chi connectivity index (χ3v) is 4.88. The van der Waals surface area contributed by atoms with Crippen LogP contribution in [0.15, 0.2) is 0 Å². The summed E-state index contributed by atoms with van der Waals surface area (Å²) in [5.74, 6) is 0.163. The van der Waals surface area contributed by atoms with Crippen molar-refractivity contribution in [3.05, 3.63) is 0 Å². The number of hydrogen-bond acceptors (Lipinski definition) is 3. The van der Waals surface area contributed by atoms with Gasteiger partial charge in [-0.2, -0.15) is 0 Å². The van der Waals surface area contributed by atoms with Crippen LogP contribution in [0.25, 0.3) is 0 Å². The smallest absolute Gasteiger partial charge is 0.226 e. The molecule has 1 saturated carbocycles. The lowest BCUT2D eigenvalue weighted by molar-refractivity contribution is -0.134. The molecule has 4 heteroatoms. The van der Waals surface area contributed by atoms with E-state index < -0.39 is 5.60 Å². The summed E-state index contributed by atoms with van der Waals surface area (Å²) < 4.78 is 0. The molecule has 2 aliphatic rings. The molecule has 1 aliphatic carbocycles. The first kappa shape index (κ1) is 14.8. The molecule has 2 rings (SSSR count). The van der Waals surface area contributed by atoms with Crippen molar-refractivity contribution < 1.29 is 9.90 Å². The Morgan fingerprint density at radius 1 is 1.21 bits per heavy atom. The molecule has 0 aromatic carbocycles. The van der Waals surface area contributed by atoms with Crippen LogP contribution < -0.4 is 10.6 Å². The summed E-state index contributed by atoms with van der Waals surface area (Å²) in [6.45, 7) is 4.43. The van der Waals surface area contributed by atoms with E-state index in [1.54, 1.807) is 0 Å². The van der Waals surface area contributed by atoms with Crippen molar-refractivity contribution in [1.29, 1.82) is 0 Å². The molecule has 0 atom stereocenters. The highest BCUT2D eigenvalue weighted by Gasteiger charge is 2.40. The predicted octanol–water partition coefficient (Wildman–Crippen LogP) is 1.58. The monoisotopic (exact) mass is 268 g/mol. The molecule has 110 valence electrons. The normalized spacial score (nSPS) is 25.2. The van der Waals surface area contributed by atoms with Crippen LogP contribution in [-0.4, -0.2) is 36.2 Å². The topological polar surface area (TPSA) is 61.4 Å². The Bertz CT molecular complexity index is 300. The van der Waals surface area contributed by atoms with E-state index in [1.807, 2.05) is 0 Å². The third-order valence-electron chi connectivity index (χ3n) is 4.88. The van der Waals surface area contributed by atoms with Crippen LogP contribution in [-0.2, 0) is 4.79 Å². The van der Waals surface area contributed by atoms with Crippen molar-refractivity contribution in [2.45, 2.75) is 63.9 Å². The molecule has 1 amide bonds. The van der Waals surface area contributed by atoms with Crippen LogP contribution in [0.3, 0.4) is 0 Å². The van der Waals surface area contributed by atoms with Gasteiger partial charge < -0.3 is 15.7 Å². The molecule has 2 fully saturated rings. The van der Waals surface area contributed by atoms with E-state index in [1.165, 1.54) is 0 Å². The van der Waals surface area contributed by atoms with Gasteiger partial charge in [-0.3, -0.25) is 4.79 Å². The van der Waals surface area contributed by atoms with Crippen molar-refractivity contribution in [3.63, 3.8) is 0 Å². The zero-order valence-corrected chi connectivity index (χ0v) is 12.1. The molecule has 0 spiro atoms. The predicted molar refractivity (Wildman–Crippen MR) is 75.9 cm³/mol. The van der Waals surface area contributed by atoms with Gasteiger partial charge in [0.2, 0.25) is 5.91 Å². The number of carbonyl (C=O) groups excluding carboxylic acids is 1. The second kappa shape index (κ2) is 6.23. The molecule has 4 nitrogen and oxygen atoms in total. The lowest BCUT2D eigenvalue weighted by Crippen LogP contribution is -2.51. The minimum absolute atomic E-state index is 0.163. The average Bonchev–Trinajstić information content (AvgIpc) is 2.85. The molecular weight excluding hydrogens is 240 g/mol. The Labute approximate surface area is 116 Å². The molecule has 0 radical (unpaired) electrons. The highest BCUT2D eigenvalue weighted by Crippen LogP contribution is 2.35. The van der Waals surface area contributed by atoms with E-state index >= 15 is 0 Å². The van der Waals surface area contributed by atoms with Gasteiger partial charge in [-0.05, 0) is 45.2 Å². The van der Waals surface area contributed by atoms with Gasteiger partial charge in [0, 0.05) is 6.54 Å². The fraction of sp³-hybridized carbons (Fsp3) is 0.933. The van der Waals surface area contributed by atoms with Crippen LogP contribution in [0.2, 0.25) is 0 Å². The molecular formula is C15H28N2O2. The second-order valence-electron chi connectivity index (χ2n) is 6.39. The van der Waals surface area contributed by atoms with Gasteiger partial charge in [0.05, 0.1) is 11.0 Å². The molecule has 0 unspecified atom stereocenters. The maximum atomic E-state index is 12.6. The fourth-order valence-corrected chi connectivity index (χ4v) is 3.62. The van der Waals surface area contributed by atoms with Crippen molar-refractivity contribution in [3.8, 4) is 0 Å². The lowest BCUT2D eigenvalue weighted by Gasteiger charge is -2.37. The van der Waals surface area contributed by atoms with E-state index in [0.29, 0.717) is 6.54 Å². The maximum Gasteiger partial charge on any atom is 0.226 e. The van der Waals surface area contributed by atoms with Crippen LogP contribution in [0.4, 0.5) is 0 Å². The number of carbonyl (C=O) groups is 1. The molecule has 19 heavy (non-hydrogen) atoms. The Kier molecular flexibility index (Phi) is 4.85. The maximum absolute atomic E-state index is 12.6. The summed E-state index contributed by atoms with van der Waals surface area (Å²) in [5.41, 5.74) is -0.842. The van der Waals surface area contributed by atoms with Crippen molar-refractivity contribution in [1.82, 2.24) is 10.6 Å². The fourth-order valence-electron chi connectivity index (χ4n) is 3.62.